The van der Waals surface area contributed by atoms with Gasteiger partial charge in [0.2, 0.25) is 5.91 Å². The number of carbonyl (C=O) groups is 1. The summed E-state index contributed by atoms with van der Waals surface area (Å²) in [5.41, 5.74) is 0.439. The molecular weight excluding hydrogens is 272 g/mol. The van der Waals surface area contributed by atoms with Crippen molar-refractivity contribution in [3.63, 3.8) is 0 Å². The number of nitrogens with one attached hydrogen (secondary N) is 1. The van der Waals surface area contributed by atoms with E-state index in [0.717, 1.165) is 18.6 Å². The van der Waals surface area contributed by atoms with Crippen LogP contribution in [0.2, 0.25) is 0 Å². The zero-order chi connectivity index (χ0) is 14.4. The van der Waals surface area contributed by atoms with Crippen LogP contribution in [0.15, 0.2) is 18.2 Å². The first-order valence-corrected chi connectivity index (χ1v) is 6.75. The first-order valence-electron chi connectivity index (χ1n) is 6.21. The van der Waals surface area contributed by atoms with Crippen LogP contribution in [0.5, 0.6) is 0 Å². The van der Waals surface area contributed by atoms with Gasteiger partial charge in [0.05, 0.1) is 6.42 Å². The molecule has 1 unspecified atom stereocenters. The number of benzene rings is 1. The van der Waals surface area contributed by atoms with Gasteiger partial charge in [-0.1, -0.05) is 19.9 Å². The van der Waals surface area contributed by atoms with Gasteiger partial charge in [0.1, 0.15) is 0 Å². The predicted molar refractivity (Wildman–Crippen MR) is 72.2 cm³/mol. The van der Waals surface area contributed by atoms with Gasteiger partial charge in [-0.05, 0) is 30.0 Å². The van der Waals surface area contributed by atoms with Crippen LogP contribution >= 0.6 is 11.6 Å². The molecule has 2 nitrogen and oxygen atoms in total. The van der Waals surface area contributed by atoms with Crippen molar-refractivity contribution in [2.24, 2.45) is 5.92 Å². The van der Waals surface area contributed by atoms with E-state index < -0.39 is 11.6 Å². The standard InChI is InChI=1S/C14H18ClF2NO/c1-9(2)5-11(8-15)18-14(19)7-10-3-4-12(16)13(17)6-10/h3-4,6,9,11H,5,7-8H2,1-2H3,(H,18,19). The highest BCUT2D eigenvalue weighted by Crippen LogP contribution is 2.10. The highest BCUT2D eigenvalue weighted by Gasteiger charge is 2.14. The average molecular weight is 290 g/mol. The van der Waals surface area contributed by atoms with Crippen LogP contribution in [0, 0.1) is 17.6 Å². The Morgan fingerprint density at radius 1 is 1.32 bits per heavy atom. The molecular formula is C14H18ClF2NO. The van der Waals surface area contributed by atoms with E-state index in [9.17, 15) is 13.6 Å². The molecule has 0 bridgehead atoms. The molecule has 0 aliphatic rings. The molecule has 0 aromatic heterocycles. The molecule has 0 saturated heterocycles. The summed E-state index contributed by atoms with van der Waals surface area (Å²) in [6.45, 7) is 4.09. The van der Waals surface area contributed by atoms with Gasteiger partial charge < -0.3 is 5.32 Å². The maximum Gasteiger partial charge on any atom is 0.224 e. The van der Waals surface area contributed by atoms with E-state index in [-0.39, 0.29) is 18.4 Å². The lowest BCUT2D eigenvalue weighted by molar-refractivity contribution is -0.121. The molecule has 0 radical (unpaired) electrons. The first-order chi connectivity index (χ1) is 8.92. The Labute approximate surface area is 117 Å². The summed E-state index contributed by atoms with van der Waals surface area (Å²) in [5, 5.41) is 2.79. The SMILES string of the molecule is CC(C)CC(CCl)NC(=O)Cc1ccc(F)c(F)c1. The van der Waals surface area contributed by atoms with Crippen LogP contribution < -0.4 is 5.32 Å². The van der Waals surface area contributed by atoms with Gasteiger partial charge >= 0.3 is 0 Å². The summed E-state index contributed by atoms with van der Waals surface area (Å²) in [5.74, 6) is -1.34. The van der Waals surface area contributed by atoms with Gasteiger partial charge in [-0.2, -0.15) is 0 Å². The summed E-state index contributed by atoms with van der Waals surface area (Å²) < 4.78 is 25.8. The first kappa shape index (κ1) is 15.9. The van der Waals surface area contributed by atoms with Crippen molar-refractivity contribution in [3.05, 3.63) is 35.4 Å². The summed E-state index contributed by atoms with van der Waals surface area (Å²) in [6, 6.07) is 3.35. The minimum atomic E-state index is -0.943. The maximum absolute atomic E-state index is 13.0. The lowest BCUT2D eigenvalue weighted by atomic mass is 10.0. The molecule has 19 heavy (non-hydrogen) atoms. The number of halogens is 3. The molecule has 1 atom stereocenters. The van der Waals surface area contributed by atoms with Crippen molar-refractivity contribution >= 4 is 17.5 Å². The van der Waals surface area contributed by atoms with E-state index in [0.29, 0.717) is 17.4 Å². The van der Waals surface area contributed by atoms with Crippen LogP contribution in [0.1, 0.15) is 25.8 Å². The minimum Gasteiger partial charge on any atom is -0.352 e. The number of hydrogen-bond donors (Lipinski definition) is 1. The van der Waals surface area contributed by atoms with E-state index in [4.69, 9.17) is 11.6 Å². The van der Waals surface area contributed by atoms with E-state index in [1.165, 1.54) is 6.07 Å². The van der Waals surface area contributed by atoms with E-state index in [1.54, 1.807) is 0 Å². The Kier molecular flexibility index (Phi) is 6.22. The second-order valence-corrected chi connectivity index (χ2v) is 5.28. The van der Waals surface area contributed by atoms with E-state index in [1.807, 2.05) is 13.8 Å². The molecule has 106 valence electrons. The van der Waals surface area contributed by atoms with Crippen molar-refractivity contribution in [2.45, 2.75) is 32.7 Å². The highest BCUT2D eigenvalue weighted by atomic mass is 35.5. The van der Waals surface area contributed by atoms with Gasteiger partial charge in [0.15, 0.2) is 11.6 Å². The molecule has 0 spiro atoms. The van der Waals surface area contributed by atoms with Gasteiger partial charge in [-0.15, -0.1) is 11.6 Å². The van der Waals surface area contributed by atoms with Gasteiger partial charge in [-0.3, -0.25) is 4.79 Å². The van der Waals surface area contributed by atoms with E-state index in [2.05, 4.69) is 5.32 Å². The Balaban J connectivity index is 2.56. The maximum atomic E-state index is 13.0. The van der Waals surface area contributed by atoms with Gasteiger partial charge in [0, 0.05) is 11.9 Å². The van der Waals surface area contributed by atoms with Crippen molar-refractivity contribution in [1.82, 2.24) is 5.32 Å². The molecule has 5 heteroatoms. The minimum absolute atomic E-state index is 0.0166. The predicted octanol–water partition coefficient (Wildman–Crippen LogP) is 3.28. The Morgan fingerprint density at radius 3 is 2.53 bits per heavy atom. The normalized spacial score (nSPS) is 12.5. The third-order valence-electron chi connectivity index (χ3n) is 2.66. The molecule has 1 N–H and O–H groups in total. The van der Waals surface area contributed by atoms with E-state index >= 15 is 0 Å². The van der Waals surface area contributed by atoms with Crippen LogP contribution in [0.3, 0.4) is 0 Å². The number of hydrogen-bond acceptors (Lipinski definition) is 1. The Bertz CT molecular complexity index is 437. The molecule has 1 amide bonds. The molecule has 0 aliphatic carbocycles. The number of carbonyl (C=O) groups excluding carboxylic acids is 1. The summed E-state index contributed by atoms with van der Waals surface area (Å²) >= 11 is 5.78. The molecule has 1 aromatic carbocycles. The number of amides is 1. The van der Waals surface area contributed by atoms with Crippen LogP contribution in [-0.4, -0.2) is 17.8 Å². The highest BCUT2D eigenvalue weighted by molar-refractivity contribution is 6.18. The van der Waals surface area contributed by atoms with Crippen LogP contribution in [0.25, 0.3) is 0 Å². The van der Waals surface area contributed by atoms with Crippen molar-refractivity contribution in [2.75, 3.05) is 5.88 Å². The zero-order valence-electron chi connectivity index (χ0n) is 11.1. The molecule has 0 aliphatic heterocycles. The van der Waals surface area contributed by atoms with Crippen LogP contribution in [-0.2, 0) is 11.2 Å². The fourth-order valence-corrected chi connectivity index (χ4v) is 2.05. The third-order valence-corrected chi connectivity index (χ3v) is 3.03. The van der Waals surface area contributed by atoms with Crippen molar-refractivity contribution < 1.29 is 13.6 Å². The van der Waals surface area contributed by atoms with Gasteiger partial charge in [-0.25, -0.2) is 8.78 Å². The van der Waals surface area contributed by atoms with Crippen molar-refractivity contribution in [3.8, 4) is 0 Å². The summed E-state index contributed by atoms with van der Waals surface area (Å²) in [4.78, 5) is 11.8. The number of rotatable bonds is 6. The average Bonchev–Trinajstić information content (AvgIpc) is 2.32. The Hall–Kier alpha value is -1.16. The molecule has 1 aromatic rings. The second-order valence-electron chi connectivity index (χ2n) is 4.97. The lowest BCUT2D eigenvalue weighted by Crippen LogP contribution is -2.38. The molecule has 0 fully saturated rings. The topological polar surface area (TPSA) is 29.1 Å². The smallest absolute Gasteiger partial charge is 0.224 e. The fourth-order valence-electron chi connectivity index (χ4n) is 1.84. The second kappa shape index (κ2) is 7.43. The third kappa shape index (κ3) is 5.55. The molecule has 1 rings (SSSR count). The van der Waals surface area contributed by atoms with Gasteiger partial charge in [0.25, 0.3) is 0 Å². The largest absolute Gasteiger partial charge is 0.352 e. The molecule has 0 saturated carbocycles. The van der Waals surface area contributed by atoms with Crippen LogP contribution in [0.4, 0.5) is 8.78 Å². The number of alkyl halides is 1. The summed E-state index contributed by atoms with van der Waals surface area (Å²) in [7, 11) is 0. The quantitative estimate of drug-likeness (QED) is 0.800. The van der Waals surface area contributed by atoms with Crippen molar-refractivity contribution in [1.29, 1.82) is 0 Å². The summed E-state index contributed by atoms with van der Waals surface area (Å²) in [6.07, 6.45) is 0.801. The fraction of sp³-hybridized carbons (Fsp3) is 0.500. The lowest BCUT2D eigenvalue weighted by Gasteiger charge is -2.18. The Morgan fingerprint density at radius 2 is 2.00 bits per heavy atom. The molecule has 0 heterocycles. The zero-order valence-corrected chi connectivity index (χ0v) is 11.8. The monoisotopic (exact) mass is 289 g/mol.